The summed E-state index contributed by atoms with van der Waals surface area (Å²) in [6.07, 6.45) is 0. The Labute approximate surface area is 67.9 Å². The molecule has 0 bridgehead atoms. The van der Waals surface area contributed by atoms with E-state index in [-0.39, 0.29) is 0 Å². The van der Waals surface area contributed by atoms with Crippen molar-refractivity contribution < 1.29 is 0 Å². The van der Waals surface area contributed by atoms with Crippen molar-refractivity contribution in [2.24, 2.45) is 0 Å². The van der Waals surface area contributed by atoms with Gasteiger partial charge in [-0.2, -0.15) is 0 Å². The van der Waals surface area contributed by atoms with Crippen molar-refractivity contribution in [3.05, 3.63) is 23.5 Å². The molecular formula is C9H14N2. The second-order valence-corrected chi connectivity index (χ2v) is 2.95. The van der Waals surface area contributed by atoms with Gasteiger partial charge < -0.3 is 4.90 Å². The van der Waals surface area contributed by atoms with Crippen LogP contribution < -0.4 is 4.90 Å². The first kappa shape index (κ1) is 8.05. The number of pyridine rings is 1. The Kier molecular flexibility index (Phi) is 2.13. The van der Waals surface area contributed by atoms with E-state index in [2.05, 4.69) is 16.0 Å². The van der Waals surface area contributed by atoms with E-state index in [1.54, 1.807) is 0 Å². The molecule has 0 aromatic carbocycles. The van der Waals surface area contributed by atoms with E-state index in [9.17, 15) is 0 Å². The van der Waals surface area contributed by atoms with Crippen molar-refractivity contribution in [2.75, 3.05) is 19.0 Å². The first-order chi connectivity index (χ1) is 5.11. The molecule has 0 aliphatic rings. The number of hydrogen-bond acceptors (Lipinski definition) is 2. The van der Waals surface area contributed by atoms with Crippen LogP contribution in [0.15, 0.2) is 12.1 Å². The van der Waals surface area contributed by atoms with E-state index in [0.717, 1.165) is 11.4 Å². The highest BCUT2D eigenvalue weighted by Gasteiger charge is 1.99. The lowest BCUT2D eigenvalue weighted by Crippen LogP contribution is -2.11. The third-order valence-corrected chi connectivity index (χ3v) is 1.68. The molecular weight excluding hydrogens is 136 g/mol. The Morgan fingerprint density at radius 2 is 1.82 bits per heavy atom. The standard InChI is InChI=1S/C9H14N2/c1-7-5-6-9(11(3)4)8(2)10-7/h5-6H,1-4H3. The lowest BCUT2D eigenvalue weighted by atomic mass is 10.2. The van der Waals surface area contributed by atoms with E-state index in [0.29, 0.717) is 0 Å². The van der Waals surface area contributed by atoms with Gasteiger partial charge in [0, 0.05) is 19.8 Å². The van der Waals surface area contributed by atoms with Crippen LogP contribution in [-0.4, -0.2) is 19.1 Å². The third kappa shape index (κ3) is 1.70. The number of rotatable bonds is 1. The van der Waals surface area contributed by atoms with Gasteiger partial charge in [-0.15, -0.1) is 0 Å². The molecule has 0 atom stereocenters. The molecule has 1 rings (SSSR count). The van der Waals surface area contributed by atoms with Gasteiger partial charge in [-0.05, 0) is 26.0 Å². The zero-order chi connectivity index (χ0) is 8.43. The number of aryl methyl sites for hydroxylation is 2. The maximum Gasteiger partial charge on any atom is 0.0608 e. The Morgan fingerprint density at radius 1 is 1.18 bits per heavy atom. The average Bonchev–Trinajstić information content (AvgIpc) is 1.85. The van der Waals surface area contributed by atoms with Crippen LogP contribution >= 0.6 is 0 Å². The highest BCUT2D eigenvalue weighted by Crippen LogP contribution is 2.14. The van der Waals surface area contributed by atoms with Gasteiger partial charge in [0.05, 0.1) is 11.4 Å². The Bertz CT molecular complexity index is 254. The number of anilines is 1. The first-order valence-electron chi connectivity index (χ1n) is 3.73. The van der Waals surface area contributed by atoms with Crippen molar-refractivity contribution in [1.82, 2.24) is 4.98 Å². The minimum Gasteiger partial charge on any atom is -0.376 e. The second kappa shape index (κ2) is 2.91. The molecule has 2 nitrogen and oxygen atoms in total. The van der Waals surface area contributed by atoms with Crippen molar-refractivity contribution in [2.45, 2.75) is 13.8 Å². The molecule has 0 unspecified atom stereocenters. The first-order valence-corrected chi connectivity index (χ1v) is 3.73. The van der Waals surface area contributed by atoms with Gasteiger partial charge in [-0.25, -0.2) is 0 Å². The van der Waals surface area contributed by atoms with Gasteiger partial charge in [0.15, 0.2) is 0 Å². The van der Waals surface area contributed by atoms with E-state index in [1.807, 2.05) is 34.0 Å². The third-order valence-electron chi connectivity index (χ3n) is 1.68. The van der Waals surface area contributed by atoms with Crippen LogP contribution in [0.25, 0.3) is 0 Å². The minimum absolute atomic E-state index is 1.08. The van der Waals surface area contributed by atoms with E-state index >= 15 is 0 Å². The van der Waals surface area contributed by atoms with Gasteiger partial charge in [0.2, 0.25) is 0 Å². The highest BCUT2D eigenvalue weighted by atomic mass is 15.1. The molecule has 1 aromatic rings. The molecule has 60 valence electrons. The maximum atomic E-state index is 4.35. The van der Waals surface area contributed by atoms with Crippen LogP contribution in [-0.2, 0) is 0 Å². The molecule has 0 saturated carbocycles. The summed E-state index contributed by atoms with van der Waals surface area (Å²) in [5.74, 6) is 0. The zero-order valence-electron chi connectivity index (χ0n) is 7.55. The van der Waals surface area contributed by atoms with Crippen LogP contribution in [0.3, 0.4) is 0 Å². The van der Waals surface area contributed by atoms with Gasteiger partial charge in [0.25, 0.3) is 0 Å². The van der Waals surface area contributed by atoms with E-state index < -0.39 is 0 Å². The molecule has 0 saturated heterocycles. The molecule has 2 heteroatoms. The molecule has 0 aliphatic heterocycles. The lowest BCUT2D eigenvalue weighted by Gasteiger charge is -2.14. The van der Waals surface area contributed by atoms with Crippen LogP contribution in [0.2, 0.25) is 0 Å². The van der Waals surface area contributed by atoms with Gasteiger partial charge >= 0.3 is 0 Å². The normalized spacial score (nSPS) is 9.82. The molecule has 0 spiro atoms. The number of hydrogen-bond donors (Lipinski definition) is 0. The molecule has 0 fully saturated rings. The fourth-order valence-electron chi connectivity index (χ4n) is 1.15. The summed E-state index contributed by atoms with van der Waals surface area (Å²) in [5, 5.41) is 0. The van der Waals surface area contributed by atoms with Crippen molar-refractivity contribution in [3.8, 4) is 0 Å². The quantitative estimate of drug-likeness (QED) is 0.606. The SMILES string of the molecule is Cc1ccc(N(C)C)c(C)n1. The summed E-state index contributed by atoms with van der Waals surface area (Å²) in [4.78, 5) is 6.42. The predicted molar refractivity (Wildman–Crippen MR) is 48.0 cm³/mol. The van der Waals surface area contributed by atoms with E-state index in [1.165, 1.54) is 5.69 Å². The Morgan fingerprint density at radius 3 is 2.27 bits per heavy atom. The number of nitrogens with zero attached hydrogens (tertiary/aromatic N) is 2. The lowest BCUT2D eigenvalue weighted by molar-refractivity contribution is 1.05. The molecule has 1 heterocycles. The Balaban J connectivity index is 3.09. The van der Waals surface area contributed by atoms with Crippen molar-refractivity contribution >= 4 is 5.69 Å². The van der Waals surface area contributed by atoms with Gasteiger partial charge in [0.1, 0.15) is 0 Å². The monoisotopic (exact) mass is 150 g/mol. The molecule has 0 N–H and O–H groups in total. The average molecular weight is 150 g/mol. The Hall–Kier alpha value is -1.05. The zero-order valence-corrected chi connectivity index (χ0v) is 7.55. The largest absolute Gasteiger partial charge is 0.376 e. The van der Waals surface area contributed by atoms with Crippen LogP contribution in [0.5, 0.6) is 0 Å². The highest BCUT2D eigenvalue weighted by molar-refractivity contribution is 5.48. The summed E-state index contributed by atoms with van der Waals surface area (Å²) in [7, 11) is 4.05. The summed E-state index contributed by atoms with van der Waals surface area (Å²) in [6, 6.07) is 4.12. The summed E-state index contributed by atoms with van der Waals surface area (Å²) in [6.45, 7) is 4.04. The topological polar surface area (TPSA) is 16.1 Å². The van der Waals surface area contributed by atoms with Crippen LogP contribution in [0, 0.1) is 13.8 Å². The summed E-state index contributed by atoms with van der Waals surface area (Å²) in [5.41, 5.74) is 3.36. The van der Waals surface area contributed by atoms with Crippen LogP contribution in [0.1, 0.15) is 11.4 Å². The van der Waals surface area contributed by atoms with Gasteiger partial charge in [-0.1, -0.05) is 0 Å². The second-order valence-electron chi connectivity index (χ2n) is 2.95. The summed E-state index contributed by atoms with van der Waals surface area (Å²) < 4.78 is 0. The minimum atomic E-state index is 1.08. The van der Waals surface area contributed by atoms with Crippen LogP contribution in [0.4, 0.5) is 5.69 Å². The molecule has 0 aliphatic carbocycles. The predicted octanol–water partition coefficient (Wildman–Crippen LogP) is 1.76. The summed E-state index contributed by atoms with van der Waals surface area (Å²) >= 11 is 0. The fraction of sp³-hybridized carbons (Fsp3) is 0.444. The molecule has 11 heavy (non-hydrogen) atoms. The smallest absolute Gasteiger partial charge is 0.0608 e. The molecule has 1 aromatic heterocycles. The maximum absolute atomic E-state index is 4.35. The molecule has 0 amide bonds. The fourth-order valence-corrected chi connectivity index (χ4v) is 1.15. The van der Waals surface area contributed by atoms with Crippen molar-refractivity contribution in [1.29, 1.82) is 0 Å². The van der Waals surface area contributed by atoms with E-state index in [4.69, 9.17) is 0 Å². The number of aromatic nitrogens is 1. The molecule has 0 radical (unpaired) electrons. The van der Waals surface area contributed by atoms with Gasteiger partial charge in [-0.3, -0.25) is 4.98 Å². The van der Waals surface area contributed by atoms with Crippen molar-refractivity contribution in [3.63, 3.8) is 0 Å².